The number of hydrogen-bond acceptors (Lipinski definition) is 2. The smallest absolute Gasteiger partial charge is 0.317 e. The average molecular weight is 358 g/mol. The molecule has 3 rings (SSSR count). The lowest BCUT2D eigenvalue weighted by atomic mass is 10.0. The third kappa shape index (κ3) is 5.23. The zero-order valence-corrected chi connectivity index (χ0v) is 16.5. The van der Waals surface area contributed by atoms with Gasteiger partial charge in [-0.25, -0.2) is 4.79 Å². The number of nitrogens with zero attached hydrogens (tertiary/aromatic N) is 2. The number of urea groups is 1. The predicted molar refractivity (Wildman–Crippen MR) is 107 cm³/mol. The normalized spacial score (nSPS) is 20.5. The molecule has 1 aromatic carbocycles. The topological polar surface area (TPSA) is 35.6 Å². The number of nitrogens with one attached hydrogen (secondary N) is 1. The average Bonchev–Trinajstić information content (AvgIpc) is 2.94. The van der Waals surface area contributed by atoms with E-state index in [-0.39, 0.29) is 6.03 Å². The lowest BCUT2D eigenvalue weighted by Crippen LogP contribution is -2.50. The number of aryl methyl sites for hydroxylation is 1. The maximum Gasteiger partial charge on any atom is 0.317 e. The second kappa shape index (κ2) is 9.40. The molecule has 0 bridgehead atoms. The number of amides is 2. The van der Waals surface area contributed by atoms with Crippen LogP contribution in [-0.2, 0) is 6.54 Å². The first-order valence-electron chi connectivity index (χ1n) is 10.4. The van der Waals surface area contributed by atoms with Crippen LogP contribution in [0.2, 0.25) is 0 Å². The Morgan fingerprint density at radius 1 is 1.08 bits per heavy atom. The summed E-state index contributed by atoms with van der Waals surface area (Å²) in [7, 11) is 1.98. The lowest BCUT2D eigenvalue weighted by molar-refractivity contribution is 0.161. The highest BCUT2D eigenvalue weighted by Crippen LogP contribution is 2.22. The Hall–Kier alpha value is -1.55. The van der Waals surface area contributed by atoms with Crippen LogP contribution in [0.3, 0.4) is 0 Å². The molecule has 4 heteroatoms. The van der Waals surface area contributed by atoms with Crippen molar-refractivity contribution in [3.63, 3.8) is 0 Å². The van der Waals surface area contributed by atoms with Gasteiger partial charge in [0.15, 0.2) is 0 Å². The van der Waals surface area contributed by atoms with Crippen LogP contribution in [0.5, 0.6) is 0 Å². The molecule has 0 unspecified atom stereocenters. The van der Waals surface area contributed by atoms with Gasteiger partial charge in [-0.3, -0.25) is 4.90 Å². The van der Waals surface area contributed by atoms with E-state index in [9.17, 15) is 4.79 Å². The minimum atomic E-state index is 0.134. The molecule has 1 saturated heterocycles. The molecule has 1 aromatic rings. The van der Waals surface area contributed by atoms with Crippen molar-refractivity contribution in [2.24, 2.45) is 0 Å². The molecule has 4 nitrogen and oxygen atoms in total. The van der Waals surface area contributed by atoms with Gasteiger partial charge in [-0.1, -0.05) is 49.9 Å². The first-order valence-corrected chi connectivity index (χ1v) is 10.4. The van der Waals surface area contributed by atoms with Crippen molar-refractivity contribution in [2.75, 3.05) is 20.1 Å². The van der Waals surface area contributed by atoms with Gasteiger partial charge < -0.3 is 10.2 Å². The van der Waals surface area contributed by atoms with Gasteiger partial charge in [0.25, 0.3) is 0 Å². The van der Waals surface area contributed by atoms with Crippen molar-refractivity contribution < 1.29 is 4.79 Å². The van der Waals surface area contributed by atoms with Crippen molar-refractivity contribution >= 4 is 6.03 Å². The molecule has 1 N–H and O–H groups in total. The Morgan fingerprint density at radius 2 is 1.73 bits per heavy atom. The van der Waals surface area contributed by atoms with Crippen LogP contribution in [0.25, 0.3) is 0 Å². The van der Waals surface area contributed by atoms with Gasteiger partial charge in [0.05, 0.1) is 0 Å². The van der Waals surface area contributed by atoms with Gasteiger partial charge in [-0.2, -0.15) is 0 Å². The highest BCUT2D eigenvalue weighted by atomic mass is 16.2. The molecule has 144 valence electrons. The van der Waals surface area contributed by atoms with Crippen molar-refractivity contribution in [3.8, 4) is 0 Å². The van der Waals surface area contributed by atoms with E-state index in [1.807, 2.05) is 11.9 Å². The summed E-state index contributed by atoms with van der Waals surface area (Å²) in [4.78, 5) is 17.1. The summed E-state index contributed by atoms with van der Waals surface area (Å²) in [6.07, 6.45) is 9.61. The summed E-state index contributed by atoms with van der Waals surface area (Å²) in [6, 6.07) is 9.53. The molecule has 2 aliphatic rings. The van der Waals surface area contributed by atoms with Crippen LogP contribution < -0.4 is 5.32 Å². The third-order valence-electron chi connectivity index (χ3n) is 6.26. The lowest BCUT2D eigenvalue weighted by Gasteiger charge is -2.35. The van der Waals surface area contributed by atoms with Crippen LogP contribution in [0.4, 0.5) is 4.79 Å². The van der Waals surface area contributed by atoms with Crippen molar-refractivity contribution in [2.45, 2.75) is 76.9 Å². The van der Waals surface area contributed by atoms with Crippen LogP contribution in [0, 0.1) is 6.92 Å². The van der Waals surface area contributed by atoms with E-state index in [1.165, 1.54) is 49.7 Å². The first-order chi connectivity index (χ1) is 12.6. The molecule has 1 saturated carbocycles. The number of carbonyl (C=O) groups excluding carboxylic acids is 1. The van der Waals surface area contributed by atoms with Gasteiger partial charge in [0, 0.05) is 38.8 Å². The second-order valence-corrected chi connectivity index (χ2v) is 8.18. The third-order valence-corrected chi connectivity index (χ3v) is 6.26. The highest BCUT2D eigenvalue weighted by molar-refractivity contribution is 5.74. The molecule has 26 heavy (non-hydrogen) atoms. The van der Waals surface area contributed by atoms with Crippen LogP contribution >= 0.6 is 0 Å². The molecule has 2 fully saturated rings. The SMILES string of the molecule is Cc1ccccc1CN1CCC(NC(=O)N(C)C2CCCCCC2)CC1. The van der Waals surface area contributed by atoms with Crippen LogP contribution in [0.1, 0.15) is 62.5 Å². The van der Waals surface area contributed by atoms with Gasteiger partial charge >= 0.3 is 6.03 Å². The Kier molecular flexibility index (Phi) is 6.95. The number of benzene rings is 1. The molecule has 0 spiro atoms. The minimum absolute atomic E-state index is 0.134. The van der Waals surface area contributed by atoms with Crippen LogP contribution in [0.15, 0.2) is 24.3 Å². The van der Waals surface area contributed by atoms with E-state index in [0.717, 1.165) is 32.5 Å². The number of carbonyl (C=O) groups is 1. The highest BCUT2D eigenvalue weighted by Gasteiger charge is 2.25. The van der Waals surface area contributed by atoms with Gasteiger partial charge in [-0.05, 0) is 43.7 Å². The monoisotopic (exact) mass is 357 g/mol. The Bertz CT molecular complexity index is 573. The van der Waals surface area contributed by atoms with Crippen LogP contribution in [-0.4, -0.2) is 48.1 Å². The zero-order chi connectivity index (χ0) is 18.4. The zero-order valence-electron chi connectivity index (χ0n) is 16.5. The number of likely N-dealkylation sites (tertiary alicyclic amines) is 1. The quantitative estimate of drug-likeness (QED) is 0.815. The Labute approximate surface area is 158 Å². The largest absolute Gasteiger partial charge is 0.335 e. The molecule has 0 aromatic heterocycles. The summed E-state index contributed by atoms with van der Waals surface area (Å²) in [6.45, 7) is 5.33. The molecule has 1 heterocycles. The van der Waals surface area contributed by atoms with E-state index in [0.29, 0.717) is 12.1 Å². The summed E-state index contributed by atoms with van der Waals surface area (Å²) in [5.74, 6) is 0. The van der Waals surface area contributed by atoms with Gasteiger partial charge in [-0.15, -0.1) is 0 Å². The number of hydrogen-bond donors (Lipinski definition) is 1. The fourth-order valence-electron chi connectivity index (χ4n) is 4.35. The molecule has 1 aliphatic heterocycles. The summed E-state index contributed by atoms with van der Waals surface area (Å²) < 4.78 is 0. The standard InChI is InChI=1S/C22H35N3O/c1-18-9-7-8-10-19(18)17-25-15-13-20(14-16-25)23-22(26)24(2)21-11-5-3-4-6-12-21/h7-10,20-21H,3-6,11-17H2,1-2H3,(H,23,26). The van der Waals surface area contributed by atoms with E-state index < -0.39 is 0 Å². The van der Waals surface area contributed by atoms with E-state index >= 15 is 0 Å². The fraction of sp³-hybridized carbons (Fsp3) is 0.682. The fourth-order valence-corrected chi connectivity index (χ4v) is 4.35. The van der Waals surface area contributed by atoms with Crippen molar-refractivity contribution in [1.82, 2.24) is 15.1 Å². The molecular formula is C22H35N3O. The molecular weight excluding hydrogens is 322 g/mol. The summed E-state index contributed by atoms with van der Waals surface area (Å²) in [5, 5.41) is 3.29. The molecule has 2 amide bonds. The Balaban J connectivity index is 1.43. The summed E-state index contributed by atoms with van der Waals surface area (Å²) >= 11 is 0. The van der Waals surface area contributed by atoms with Gasteiger partial charge in [0.2, 0.25) is 0 Å². The maximum absolute atomic E-state index is 12.6. The van der Waals surface area contributed by atoms with E-state index in [1.54, 1.807) is 0 Å². The van der Waals surface area contributed by atoms with Crippen molar-refractivity contribution in [1.29, 1.82) is 0 Å². The van der Waals surface area contributed by atoms with E-state index in [2.05, 4.69) is 41.4 Å². The van der Waals surface area contributed by atoms with Crippen molar-refractivity contribution in [3.05, 3.63) is 35.4 Å². The molecule has 0 atom stereocenters. The summed E-state index contributed by atoms with van der Waals surface area (Å²) in [5.41, 5.74) is 2.79. The Morgan fingerprint density at radius 3 is 2.38 bits per heavy atom. The van der Waals surface area contributed by atoms with Gasteiger partial charge in [0.1, 0.15) is 0 Å². The number of piperidine rings is 1. The number of rotatable bonds is 4. The maximum atomic E-state index is 12.6. The minimum Gasteiger partial charge on any atom is -0.335 e. The van der Waals surface area contributed by atoms with E-state index in [4.69, 9.17) is 0 Å². The predicted octanol–water partition coefficient (Wildman–Crippen LogP) is 4.32. The first kappa shape index (κ1) is 19.2. The molecule has 1 aliphatic carbocycles. The molecule has 0 radical (unpaired) electrons. The second-order valence-electron chi connectivity index (χ2n) is 8.18.